The van der Waals surface area contributed by atoms with Crippen LogP contribution < -0.4 is 5.32 Å². The average Bonchev–Trinajstić information content (AvgIpc) is 3.23. The zero-order valence-corrected chi connectivity index (χ0v) is 18.0. The summed E-state index contributed by atoms with van der Waals surface area (Å²) in [4.78, 5) is 11.5. The molecule has 0 amide bonds. The zero-order chi connectivity index (χ0) is 20.4. The summed E-state index contributed by atoms with van der Waals surface area (Å²) in [6.07, 6.45) is 5.92. The van der Waals surface area contributed by atoms with Crippen molar-refractivity contribution in [3.63, 3.8) is 0 Å². The van der Waals surface area contributed by atoms with Crippen molar-refractivity contribution in [1.29, 1.82) is 0 Å². The van der Waals surface area contributed by atoms with Crippen molar-refractivity contribution in [1.82, 2.24) is 24.8 Å². The van der Waals surface area contributed by atoms with Crippen LogP contribution >= 0.6 is 12.2 Å². The molecule has 3 aromatic rings. The molecule has 1 aliphatic rings. The van der Waals surface area contributed by atoms with Crippen molar-refractivity contribution in [3.05, 3.63) is 77.5 Å². The molecule has 4 heterocycles. The molecular formula is C23H27N5S. The summed E-state index contributed by atoms with van der Waals surface area (Å²) in [5.74, 6) is 0.941. The molecule has 4 rings (SSSR count). The number of hydrogen-bond donors (Lipinski definition) is 1. The number of hydrogen-bond acceptors (Lipinski definition) is 3. The van der Waals surface area contributed by atoms with Gasteiger partial charge in [0.2, 0.25) is 0 Å². The first-order chi connectivity index (χ1) is 14.1. The first kappa shape index (κ1) is 19.6. The van der Waals surface area contributed by atoms with E-state index in [4.69, 9.17) is 12.2 Å². The van der Waals surface area contributed by atoms with Crippen molar-refractivity contribution in [2.75, 3.05) is 6.54 Å². The van der Waals surface area contributed by atoms with E-state index in [1.165, 1.54) is 17.0 Å². The predicted molar refractivity (Wildman–Crippen MR) is 120 cm³/mol. The average molecular weight is 406 g/mol. The highest BCUT2D eigenvalue weighted by atomic mass is 32.1. The van der Waals surface area contributed by atoms with Gasteiger partial charge in [0.1, 0.15) is 5.82 Å². The second-order valence-corrected chi connectivity index (χ2v) is 7.91. The lowest BCUT2D eigenvalue weighted by Crippen LogP contribution is -2.30. The van der Waals surface area contributed by atoms with Crippen molar-refractivity contribution >= 4 is 17.3 Å². The number of nitrogens with one attached hydrogen (secondary N) is 1. The molecule has 1 aliphatic heterocycles. The molecule has 150 valence electrons. The number of thiocarbonyl (C=S) groups is 1. The molecule has 29 heavy (non-hydrogen) atoms. The van der Waals surface area contributed by atoms with Gasteiger partial charge in [-0.05, 0) is 68.4 Å². The first-order valence-corrected chi connectivity index (χ1v) is 10.6. The highest BCUT2D eigenvalue weighted by molar-refractivity contribution is 7.80. The van der Waals surface area contributed by atoms with E-state index < -0.39 is 0 Å². The van der Waals surface area contributed by atoms with E-state index in [0.29, 0.717) is 0 Å². The van der Waals surface area contributed by atoms with Crippen LogP contribution in [0.25, 0.3) is 5.82 Å². The fourth-order valence-corrected chi connectivity index (χ4v) is 4.57. The van der Waals surface area contributed by atoms with E-state index in [1.807, 2.05) is 42.7 Å². The Kier molecular flexibility index (Phi) is 5.62. The second-order valence-electron chi connectivity index (χ2n) is 7.52. The van der Waals surface area contributed by atoms with E-state index in [-0.39, 0.29) is 12.1 Å². The molecule has 0 spiro atoms. The van der Waals surface area contributed by atoms with Gasteiger partial charge in [-0.15, -0.1) is 0 Å². The van der Waals surface area contributed by atoms with Gasteiger partial charge < -0.3 is 14.8 Å². The maximum atomic E-state index is 5.75. The van der Waals surface area contributed by atoms with Gasteiger partial charge in [-0.2, -0.15) is 0 Å². The maximum absolute atomic E-state index is 5.75. The van der Waals surface area contributed by atoms with Crippen LogP contribution in [0, 0.1) is 13.8 Å². The van der Waals surface area contributed by atoms with Gasteiger partial charge >= 0.3 is 0 Å². The molecule has 0 aliphatic carbocycles. The van der Waals surface area contributed by atoms with Gasteiger partial charge in [0.25, 0.3) is 0 Å². The predicted octanol–water partition coefficient (Wildman–Crippen LogP) is 4.66. The molecule has 0 bridgehead atoms. The summed E-state index contributed by atoms with van der Waals surface area (Å²) in [5, 5.41) is 4.35. The summed E-state index contributed by atoms with van der Waals surface area (Å²) in [6.45, 7) is 7.46. The maximum Gasteiger partial charge on any atom is 0.170 e. The van der Waals surface area contributed by atoms with Crippen LogP contribution in [-0.4, -0.2) is 31.1 Å². The van der Waals surface area contributed by atoms with Gasteiger partial charge in [-0.3, -0.25) is 4.98 Å². The first-order valence-electron chi connectivity index (χ1n) is 10.2. The Balaban J connectivity index is 1.81. The quantitative estimate of drug-likeness (QED) is 0.605. The van der Waals surface area contributed by atoms with Crippen molar-refractivity contribution < 1.29 is 0 Å². The van der Waals surface area contributed by atoms with Crippen molar-refractivity contribution in [2.24, 2.45) is 0 Å². The largest absolute Gasteiger partial charge is 0.352 e. The van der Waals surface area contributed by atoms with E-state index in [1.54, 1.807) is 0 Å². The van der Waals surface area contributed by atoms with Crippen LogP contribution in [0.1, 0.15) is 54.5 Å². The number of aromatic nitrogens is 3. The Morgan fingerprint density at radius 1 is 1.07 bits per heavy atom. The zero-order valence-electron chi connectivity index (χ0n) is 17.2. The van der Waals surface area contributed by atoms with E-state index in [9.17, 15) is 0 Å². The van der Waals surface area contributed by atoms with Crippen LogP contribution in [0.15, 0.2) is 54.9 Å². The van der Waals surface area contributed by atoms with Gasteiger partial charge in [-0.1, -0.05) is 25.5 Å². The fourth-order valence-electron chi connectivity index (χ4n) is 4.24. The molecule has 5 nitrogen and oxygen atoms in total. The third kappa shape index (κ3) is 3.65. The highest BCUT2D eigenvalue weighted by Gasteiger charge is 2.41. The summed E-state index contributed by atoms with van der Waals surface area (Å²) >= 11 is 5.75. The topological polar surface area (TPSA) is 46.0 Å². The lowest BCUT2D eigenvalue weighted by molar-refractivity contribution is 0.312. The SMILES string of the molecule is CCCCN1C(=S)N[C@H](c2ccccn2)[C@H]1c1cc(C)n(-c2ccccn2)c1C. The van der Waals surface area contributed by atoms with Crippen LogP contribution in [0.2, 0.25) is 0 Å². The van der Waals surface area contributed by atoms with Crippen LogP contribution in [0.3, 0.4) is 0 Å². The Bertz CT molecular complexity index is 983. The molecule has 3 aromatic heterocycles. The molecule has 1 fully saturated rings. The molecule has 6 heteroatoms. The Morgan fingerprint density at radius 2 is 1.83 bits per heavy atom. The Labute approximate surface area is 177 Å². The molecular weight excluding hydrogens is 378 g/mol. The standard InChI is InChI=1S/C23H27N5S/c1-4-5-14-27-22(21(26-23(27)29)19-10-6-8-12-24-19)18-15-16(2)28(17(18)3)20-11-7-9-13-25-20/h6-13,15,21-22H,4-5,14H2,1-3H3,(H,26,29)/t21-,22-/m1/s1. The Morgan fingerprint density at radius 3 is 2.48 bits per heavy atom. The number of rotatable bonds is 6. The minimum absolute atomic E-state index is 0.0261. The van der Waals surface area contributed by atoms with Gasteiger partial charge in [-0.25, -0.2) is 4.98 Å². The van der Waals surface area contributed by atoms with E-state index in [2.05, 4.69) is 57.7 Å². The van der Waals surface area contributed by atoms with E-state index >= 15 is 0 Å². The normalized spacial score (nSPS) is 18.9. The van der Waals surface area contributed by atoms with Crippen LogP contribution in [0.4, 0.5) is 0 Å². The molecule has 1 N–H and O–H groups in total. The number of nitrogens with zero attached hydrogens (tertiary/aromatic N) is 4. The highest BCUT2D eigenvalue weighted by Crippen LogP contribution is 2.41. The number of pyridine rings is 2. The van der Waals surface area contributed by atoms with Gasteiger partial charge in [0, 0.05) is 30.3 Å². The van der Waals surface area contributed by atoms with Crippen molar-refractivity contribution in [2.45, 2.75) is 45.7 Å². The molecule has 0 unspecified atom stereocenters. The minimum atomic E-state index is 0.0261. The monoisotopic (exact) mass is 405 g/mol. The molecule has 0 saturated carbocycles. The molecule has 0 aromatic carbocycles. The second kappa shape index (κ2) is 8.33. The molecule has 0 radical (unpaired) electrons. The summed E-state index contributed by atoms with van der Waals surface area (Å²) in [7, 11) is 0. The van der Waals surface area contributed by atoms with Crippen LogP contribution in [-0.2, 0) is 0 Å². The summed E-state index contributed by atoms with van der Waals surface area (Å²) in [6, 6.07) is 14.5. The van der Waals surface area contributed by atoms with E-state index in [0.717, 1.165) is 36.0 Å². The lowest BCUT2D eigenvalue weighted by atomic mass is 9.96. The van der Waals surface area contributed by atoms with Crippen molar-refractivity contribution in [3.8, 4) is 5.82 Å². The summed E-state index contributed by atoms with van der Waals surface area (Å²) in [5.41, 5.74) is 4.65. The third-order valence-electron chi connectivity index (χ3n) is 5.62. The van der Waals surface area contributed by atoms with Crippen LogP contribution in [0.5, 0.6) is 0 Å². The van der Waals surface area contributed by atoms with Gasteiger partial charge in [0.15, 0.2) is 5.11 Å². The van der Waals surface area contributed by atoms with Gasteiger partial charge in [0.05, 0.1) is 17.8 Å². The summed E-state index contributed by atoms with van der Waals surface area (Å²) < 4.78 is 2.23. The minimum Gasteiger partial charge on any atom is -0.352 e. The lowest BCUT2D eigenvalue weighted by Gasteiger charge is -2.28. The third-order valence-corrected chi connectivity index (χ3v) is 5.97. The molecule has 1 saturated heterocycles. The number of aryl methyl sites for hydroxylation is 1. The molecule has 2 atom stereocenters. The fraction of sp³-hybridized carbons (Fsp3) is 0.348. The smallest absolute Gasteiger partial charge is 0.170 e. The number of unbranched alkanes of at least 4 members (excludes halogenated alkanes) is 1. The Hall–Kier alpha value is -2.73.